The molecule has 1 aliphatic heterocycles. The highest BCUT2D eigenvalue weighted by atomic mass is 16.7. The third kappa shape index (κ3) is 2.07. The molecular formula is C15H15N3O4. The molecule has 2 heterocycles. The number of carbonyl (C=O) groups is 1. The number of amides is 1. The third-order valence-electron chi connectivity index (χ3n) is 3.60. The van der Waals surface area contributed by atoms with Gasteiger partial charge >= 0.3 is 0 Å². The minimum absolute atomic E-state index is 0.0607. The largest absolute Gasteiger partial charge is 0.454 e. The highest BCUT2D eigenvalue weighted by Gasteiger charge is 2.19. The van der Waals surface area contributed by atoms with Crippen LogP contribution in [0, 0.1) is 0 Å². The molecule has 7 heteroatoms. The third-order valence-corrected chi connectivity index (χ3v) is 3.60. The smallest absolute Gasteiger partial charge is 0.256 e. The van der Waals surface area contributed by atoms with E-state index in [4.69, 9.17) is 15.2 Å². The number of pyridine rings is 1. The van der Waals surface area contributed by atoms with Crippen molar-refractivity contribution in [3.05, 3.63) is 40.1 Å². The van der Waals surface area contributed by atoms with E-state index in [1.165, 1.54) is 6.07 Å². The Morgan fingerprint density at radius 1 is 1.27 bits per heavy atom. The zero-order chi connectivity index (χ0) is 15.9. The number of nitrogens with zero attached hydrogens (tertiary/aromatic N) is 1. The summed E-state index contributed by atoms with van der Waals surface area (Å²) in [5, 5.41) is 2.85. The molecule has 0 radical (unpaired) electrons. The molecule has 2 aromatic rings. The molecule has 1 amide bonds. The standard InChI is InChI=1S/C15H15N3O4/c1-17-15-13(14(16)20)10(19)6-9(18(15)2)8-3-4-11-12(5-8)22-7-21-11/h3-6,17H,7H2,1-2H3,(H2,16,20). The summed E-state index contributed by atoms with van der Waals surface area (Å²) < 4.78 is 12.3. The van der Waals surface area contributed by atoms with E-state index in [0.717, 1.165) is 5.56 Å². The summed E-state index contributed by atoms with van der Waals surface area (Å²) in [5.74, 6) is 0.890. The van der Waals surface area contributed by atoms with Crippen LogP contribution in [0.25, 0.3) is 11.3 Å². The predicted octanol–water partition coefficient (Wildman–Crippen LogP) is 0.922. The van der Waals surface area contributed by atoms with Gasteiger partial charge in [-0.05, 0) is 18.2 Å². The zero-order valence-electron chi connectivity index (χ0n) is 12.2. The Morgan fingerprint density at radius 2 is 2.00 bits per heavy atom. The second kappa shape index (κ2) is 5.10. The number of nitrogens with one attached hydrogen (secondary N) is 1. The van der Waals surface area contributed by atoms with E-state index in [9.17, 15) is 9.59 Å². The summed E-state index contributed by atoms with van der Waals surface area (Å²) in [4.78, 5) is 23.7. The van der Waals surface area contributed by atoms with E-state index in [1.54, 1.807) is 30.8 Å². The van der Waals surface area contributed by atoms with Crippen LogP contribution in [0.15, 0.2) is 29.1 Å². The molecule has 0 fully saturated rings. The van der Waals surface area contributed by atoms with Gasteiger partial charge in [-0.3, -0.25) is 9.59 Å². The Labute approximate surface area is 126 Å². The lowest BCUT2D eigenvalue weighted by Gasteiger charge is -2.17. The molecule has 22 heavy (non-hydrogen) atoms. The lowest BCUT2D eigenvalue weighted by atomic mass is 10.1. The van der Waals surface area contributed by atoms with Crippen molar-refractivity contribution in [1.29, 1.82) is 0 Å². The Balaban J connectivity index is 2.22. The lowest BCUT2D eigenvalue weighted by Crippen LogP contribution is -2.26. The van der Waals surface area contributed by atoms with Crippen molar-refractivity contribution in [2.75, 3.05) is 19.2 Å². The minimum atomic E-state index is -0.762. The van der Waals surface area contributed by atoms with E-state index in [-0.39, 0.29) is 12.4 Å². The fourth-order valence-electron chi connectivity index (χ4n) is 2.56. The first kappa shape index (κ1) is 14.0. The molecule has 7 nitrogen and oxygen atoms in total. The maximum absolute atomic E-state index is 12.2. The van der Waals surface area contributed by atoms with Gasteiger partial charge in [0.15, 0.2) is 16.9 Å². The van der Waals surface area contributed by atoms with Crippen LogP contribution in [0.2, 0.25) is 0 Å². The number of carbonyl (C=O) groups excluding carboxylic acids is 1. The van der Waals surface area contributed by atoms with Crippen molar-refractivity contribution >= 4 is 11.7 Å². The zero-order valence-corrected chi connectivity index (χ0v) is 12.2. The SMILES string of the molecule is CNc1c(C(N)=O)c(=O)cc(-c2ccc3c(c2)OCO3)n1C. The highest BCUT2D eigenvalue weighted by molar-refractivity contribution is 5.98. The van der Waals surface area contributed by atoms with Crippen LogP contribution < -0.4 is 26.0 Å². The molecule has 1 aromatic heterocycles. The van der Waals surface area contributed by atoms with Gasteiger partial charge in [0.25, 0.3) is 5.91 Å². The number of anilines is 1. The van der Waals surface area contributed by atoms with Gasteiger partial charge in [-0.25, -0.2) is 0 Å². The van der Waals surface area contributed by atoms with Crippen molar-refractivity contribution in [1.82, 2.24) is 4.57 Å². The van der Waals surface area contributed by atoms with Crippen LogP contribution in [-0.2, 0) is 7.05 Å². The molecular weight excluding hydrogens is 286 g/mol. The van der Waals surface area contributed by atoms with Crippen LogP contribution in [0.4, 0.5) is 5.82 Å². The normalized spacial score (nSPS) is 12.3. The molecule has 0 bridgehead atoms. The van der Waals surface area contributed by atoms with Crippen molar-refractivity contribution in [3.63, 3.8) is 0 Å². The fraction of sp³-hybridized carbons (Fsp3) is 0.200. The van der Waals surface area contributed by atoms with Crippen LogP contribution in [0.5, 0.6) is 11.5 Å². The summed E-state index contributed by atoms with van der Waals surface area (Å²) in [6.07, 6.45) is 0. The molecule has 0 saturated heterocycles. The number of benzene rings is 1. The first-order valence-electron chi connectivity index (χ1n) is 6.64. The topological polar surface area (TPSA) is 95.6 Å². The summed E-state index contributed by atoms with van der Waals surface area (Å²) in [6, 6.07) is 6.79. The van der Waals surface area contributed by atoms with E-state index in [2.05, 4.69) is 5.32 Å². The summed E-state index contributed by atoms with van der Waals surface area (Å²) >= 11 is 0. The average molecular weight is 301 g/mol. The van der Waals surface area contributed by atoms with Crippen LogP contribution >= 0.6 is 0 Å². The molecule has 0 atom stereocenters. The fourth-order valence-corrected chi connectivity index (χ4v) is 2.56. The molecule has 0 unspecified atom stereocenters. The van der Waals surface area contributed by atoms with Crippen molar-refractivity contribution < 1.29 is 14.3 Å². The summed E-state index contributed by atoms with van der Waals surface area (Å²) in [7, 11) is 3.38. The molecule has 1 aromatic carbocycles. The summed E-state index contributed by atoms with van der Waals surface area (Å²) in [5.41, 5.74) is 6.22. The molecule has 3 N–H and O–H groups in total. The van der Waals surface area contributed by atoms with Crippen LogP contribution in [0.1, 0.15) is 10.4 Å². The Bertz CT molecular complexity index is 826. The minimum Gasteiger partial charge on any atom is -0.454 e. The van der Waals surface area contributed by atoms with Gasteiger partial charge < -0.3 is 25.1 Å². The van der Waals surface area contributed by atoms with Gasteiger partial charge in [0, 0.05) is 25.7 Å². The van der Waals surface area contributed by atoms with Crippen molar-refractivity contribution in [2.24, 2.45) is 12.8 Å². The van der Waals surface area contributed by atoms with Gasteiger partial charge in [-0.2, -0.15) is 0 Å². The number of ether oxygens (including phenoxy) is 2. The monoisotopic (exact) mass is 301 g/mol. The highest BCUT2D eigenvalue weighted by Crippen LogP contribution is 2.36. The maximum atomic E-state index is 12.2. The molecule has 114 valence electrons. The number of aromatic nitrogens is 1. The van der Waals surface area contributed by atoms with E-state index in [0.29, 0.717) is 23.0 Å². The first-order chi connectivity index (χ1) is 10.5. The Kier molecular flexibility index (Phi) is 3.25. The van der Waals surface area contributed by atoms with Gasteiger partial charge in [0.05, 0.1) is 5.69 Å². The molecule has 0 spiro atoms. The summed E-state index contributed by atoms with van der Waals surface area (Å²) in [6.45, 7) is 0.181. The van der Waals surface area contributed by atoms with Gasteiger partial charge in [-0.1, -0.05) is 0 Å². The molecule has 1 aliphatic rings. The van der Waals surface area contributed by atoms with Crippen LogP contribution in [0.3, 0.4) is 0 Å². The second-order valence-electron chi connectivity index (χ2n) is 4.86. The predicted molar refractivity (Wildman–Crippen MR) is 81.3 cm³/mol. The number of nitrogens with two attached hydrogens (primary N) is 1. The molecule has 0 aliphatic carbocycles. The molecule has 0 saturated carbocycles. The first-order valence-corrected chi connectivity index (χ1v) is 6.64. The van der Waals surface area contributed by atoms with Crippen LogP contribution in [-0.4, -0.2) is 24.3 Å². The van der Waals surface area contributed by atoms with E-state index < -0.39 is 11.3 Å². The quantitative estimate of drug-likeness (QED) is 0.879. The van der Waals surface area contributed by atoms with E-state index >= 15 is 0 Å². The number of hydrogen-bond donors (Lipinski definition) is 2. The number of hydrogen-bond acceptors (Lipinski definition) is 5. The number of fused-ring (bicyclic) bond motifs is 1. The number of rotatable bonds is 3. The Morgan fingerprint density at radius 3 is 2.68 bits per heavy atom. The van der Waals surface area contributed by atoms with Gasteiger partial charge in [0.2, 0.25) is 6.79 Å². The van der Waals surface area contributed by atoms with Crippen molar-refractivity contribution in [3.8, 4) is 22.8 Å². The van der Waals surface area contributed by atoms with Gasteiger partial charge in [-0.15, -0.1) is 0 Å². The van der Waals surface area contributed by atoms with E-state index in [1.807, 2.05) is 6.07 Å². The lowest BCUT2D eigenvalue weighted by molar-refractivity contribution is 0.0999. The second-order valence-corrected chi connectivity index (χ2v) is 4.86. The maximum Gasteiger partial charge on any atom is 0.256 e. The van der Waals surface area contributed by atoms with Gasteiger partial charge in [0.1, 0.15) is 11.4 Å². The number of primary amides is 1. The average Bonchev–Trinajstić information content (AvgIpc) is 2.95. The molecule has 3 rings (SSSR count). The Hall–Kier alpha value is -2.96. The van der Waals surface area contributed by atoms with Crippen molar-refractivity contribution in [2.45, 2.75) is 0 Å².